The van der Waals surface area contributed by atoms with Crippen molar-refractivity contribution in [1.29, 1.82) is 0 Å². The Hall–Kier alpha value is -3.89. The van der Waals surface area contributed by atoms with Crippen molar-refractivity contribution in [2.75, 3.05) is 26.1 Å². The maximum Gasteiger partial charge on any atom is 0.252 e. The largest absolute Gasteiger partial charge is 0.496 e. The number of nitrogens with zero attached hydrogens (tertiary/aromatic N) is 1. The first-order chi connectivity index (χ1) is 19.3. The van der Waals surface area contributed by atoms with Crippen LogP contribution in [0.5, 0.6) is 11.5 Å². The molecule has 2 atom stereocenters. The summed E-state index contributed by atoms with van der Waals surface area (Å²) >= 11 is 0. The van der Waals surface area contributed by atoms with E-state index in [0.717, 1.165) is 5.56 Å². The molecule has 0 saturated heterocycles. The molecule has 0 saturated carbocycles. The van der Waals surface area contributed by atoms with Crippen LogP contribution >= 0.6 is 0 Å². The maximum absolute atomic E-state index is 13.8. The van der Waals surface area contributed by atoms with Crippen LogP contribution < -0.4 is 14.8 Å². The lowest BCUT2D eigenvalue weighted by molar-refractivity contribution is -0.128. The lowest BCUT2D eigenvalue weighted by atomic mass is 9.90. The van der Waals surface area contributed by atoms with E-state index >= 15 is 0 Å². The fourth-order valence-corrected chi connectivity index (χ4v) is 5.85. The zero-order chi connectivity index (χ0) is 28.6. The molecule has 0 fully saturated rings. The monoisotopic (exact) mass is 566 g/mol. The zero-order valence-corrected chi connectivity index (χ0v) is 23.4. The summed E-state index contributed by atoms with van der Waals surface area (Å²) in [6.07, 6.45) is -0.283. The van der Waals surface area contributed by atoms with Gasteiger partial charge in [-0.15, -0.1) is 0 Å². The van der Waals surface area contributed by atoms with Crippen molar-refractivity contribution < 1.29 is 32.5 Å². The minimum Gasteiger partial charge on any atom is -0.496 e. The summed E-state index contributed by atoms with van der Waals surface area (Å²) in [6.45, 7) is 2.33. The number of carbonyl (C=O) groups excluding carboxylic acids is 1. The minimum atomic E-state index is -3.68. The van der Waals surface area contributed by atoms with Crippen molar-refractivity contribution in [1.82, 2.24) is 5.32 Å². The molecular formula is C30H34N2O7S. The molecule has 1 aliphatic rings. The van der Waals surface area contributed by atoms with E-state index in [0.29, 0.717) is 30.1 Å². The number of sulfone groups is 1. The van der Waals surface area contributed by atoms with E-state index in [1.165, 1.54) is 12.1 Å². The number of carbonyl (C=O) groups is 1. The summed E-state index contributed by atoms with van der Waals surface area (Å²) in [7, 11) is -2.12. The van der Waals surface area contributed by atoms with Crippen LogP contribution in [-0.4, -0.2) is 63.0 Å². The number of hydrogen-bond donors (Lipinski definition) is 2. The first-order valence-corrected chi connectivity index (χ1v) is 14.7. The number of para-hydroxylation sites is 1. The molecule has 2 N–H and O–H groups in total. The Bertz CT molecular complexity index is 1430. The standard InChI is InChI=1S/C30H34N2O7S/c1-22-30(17-20-40(35,36)26-10-4-3-5-11-26,29(34)31-21-24-9-6-7-12-27(24)37-2)32-28(39-22)23-13-15-25(16-14-23)38-19-8-18-33/h3-7,9-16,22,33H,8,17-21H2,1-2H3,(H,31,34)/t22-,30-/m1/s1. The van der Waals surface area contributed by atoms with Gasteiger partial charge in [-0.05, 0) is 55.8 Å². The molecule has 3 aromatic carbocycles. The van der Waals surface area contributed by atoms with Crippen LogP contribution in [0.4, 0.5) is 0 Å². The SMILES string of the molecule is COc1ccccc1CNC(=O)[C@]1(CCS(=O)(=O)c2ccccc2)N=C(c2ccc(OCCCO)cc2)O[C@@H]1C. The second kappa shape index (κ2) is 13.0. The Kier molecular flexibility index (Phi) is 9.44. The van der Waals surface area contributed by atoms with Gasteiger partial charge in [0.1, 0.15) is 17.6 Å². The van der Waals surface area contributed by atoms with Gasteiger partial charge >= 0.3 is 0 Å². The highest BCUT2D eigenvalue weighted by Crippen LogP contribution is 2.34. The van der Waals surface area contributed by atoms with E-state index in [2.05, 4.69) is 5.32 Å². The number of nitrogens with one attached hydrogen (secondary N) is 1. The lowest BCUT2D eigenvalue weighted by Crippen LogP contribution is -2.51. The van der Waals surface area contributed by atoms with Gasteiger partial charge in [0.25, 0.3) is 5.91 Å². The highest BCUT2D eigenvalue weighted by Gasteiger charge is 2.50. The third-order valence-electron chi connectivity index (χ3n) is 6.81. The Balaban J connectivity index is 1.61. The van der Waals surface area contributed by atoms with Crippen molar-refractivity contribution in [2.24, 2.45) is 4.99 Å². The summed E-state index contributed by atoms with van der Waals surface area (Å²) in [5.41, 5.74) is -0.0696. The quantitative estimate of drug-likeness (QED) is 0.303. The smallest absolute Gasteiger partial charge is 0.252 e. The molecule has 10 heteroatoms. The molecule has 0 unspecified atom stereocenters. The molecule has 0 bridgehead atoms. The first-order valence-electron chi connectivity index (χ1n) is 13.1. The maximum atomic E-state index is 13.8. The summed E-state index contributed by atoms with van der Waals surface area (Å²) in [5.74, 6) is 0.775. The average Bonchev–Trinajstić information content (AvgIpc) is 3.33. The van der Waals surface area contributed by atoms with Gasteiger partial charge in [0, 0.05) is 30.7 Å². The number of rotatable bonds is 13. The van der Waals surface area contributed by atoms with Crippen LogP contribution in [0.25, 0.3) is 0 Å². The highest BCUT2D eigenvalue weighted by atomic mass is 32.2. The van der Waals surface area contributed by atoms with Crippen LogP contribution in [0.3, 0.4) is 0 Å². The fourth-order valence-electron chi connectivity index (χ4n) is 4.47. The van der Waals surface area contributed by atoms with Crippen LogP contribution in [0.15, 0.2) is 88.8 Å². The minimum absolute atomic E-state index is 0.0435. The summed E-state index contributed by atoms with van der Waals surface area (Å²) in [5, 5.41) is 11.9. The second-order valence-electron chi connectivity index (χ2n) is 9.43. The molecule has 4 rings (SSSR count). The fraction of sp³-hybridized carbons (Fsp3) is 0.333. The number of benzene rings is 3. The van der Waals surface area contributed by atoms with E-state index in [4.69, 9.17) is 24.3 Å². The Morgan fingerprint density at radius 3 is 2.45 bits per heavy atom. The van der Waals surface area contributed by atoms with E-state index in [1.54, 1.807) is 62.6 Å². The van der Waals surface area contributed by atoms with Gasteiger partial charge < -0.3 is 24.6 Å². The van der Waals surface area contributed by atoms with E-state index in [1.807, 2.05) is 18.2 Å². The number of amides is 1. The Morgan fingerprint density at radius 2 is 1.75 bits per heavy atom. The molecule has 0 aliphatic carbocycles. The van der Waals surface area contributed by atoms with Crippen molar-refractivity contribution >= 4 is 21.6 Å². The molecule has 0 spiro atoms. The van der Waals surface area contributed by atoms with Gasteiger partial charge in [0.2, 0.25) is 5.90 Å². The first kappa shape index (κ1) is 29.1. The summed E-state index contributed by atoms with van der Waals surface area (Å²) in [6, 6.07) is 22.5. The molecule has 212 valence electrons. The van der Waals surface area contributed by atoms with Crippen molar-refractivity contribution in [3.05, 3.63) is 90.0 Å². The van der Waals surface area contributed by atoms with E-state index in [-0.39, 0.29) is 36.1 Å². The van der Waals surface area contributed by atoms with Crippen molar-refractivity contribution in [2.45, 2.75) is 42.8 Å². The van der Waals surface area contributed by atoms with Gasteiger partial charge in [0.05, 0.1) is 24.4 Å². The van der Waals surface area contributed by atoms with E-state index in [9.17, 15) is 13.2 Å². The second-order valence-corrected chi connectivity index (χ2v) is 11.5. The number of ether oxygens (including phenoxy) is 3. The van der Waals surface area contributed by atoms with Crippen molar-refractivity contribution in [3.63, 3.8) is 0 Å². The predicted octanol–water partition coefficient (Wildman–Crippen LogP) is 3.54. The highest BCUT2D eigenvalue weighted by molar-refractivity contribution is 7.91. The molecule has 3 aromatic rings. The van der Waals surface area contributed by atoms with Gasteiger partial charge in [0.15, 0.2) is 15.4 Å². The van der Waals surface area contributed by atoms with E-state index < -0.39 is 27.4 Å². The predicted molar refractivity (Wildman–Crippen MR) is 151 cm³/mol. The molecule has 1 heterocycles. The zero-order valence-electron chi connectivity index (χ0n) is 22.6. The summed E-state index contributed by atoms with van der Waals surface area (Å²) in [4.78, 5) is 18.7. The third-order valence-corrected chi connectivity index (χ3v) is 8.55. The lowest BCUT2D eigenvalue weighted by Gasteiger charge is -2.28. The van der Waals surface area contributed by atoms with Gasteiger partial charge in [-0.3, -0.25) is 4.79 Å². The van der Waals surface area contributed by atoms with Crippen LogP contribution in [-0.2, 0) is 25.9 Å². The van der Waals surface area contributed by atoms with Gasteiger partial charge in [-0.1, -0.05) is 36.4 Å². The number of hydrogen-bond acceptors (Lipinski definition) is 8. The topological polar surface area (TPSA) is 124 Å². The molecular weight excluding hydrogens is 532 g/mol. The van der Waals surface area contributed by atoms with Gasteiger partial charge in [-0.2, -0.15) is 0 Å². The van der Waals surface area contributed by atoms with Gasteiger partial charge in [-0.25, -0.2) is 13.4 Å². The number of aliphatic hydroxyl groups is 1. The number of methoxy groups -OCH3 is 1. The molecule has 40 heavy (non-hydrogen) atoms. The number of aliphatic hydroxyl groups excluding tert-OH is 1. The average molecular weight is 567 g/mol. The van der Waals surface area contributed by atoms with Crippen LogP contribution in [0, 0.1) is 0 Å². The third kappa shape index (κ3) is 6.63. The van der Waals surface area contributed by atoms with Crippen molar-refractivity contribution in [3.8, 4) is 11.5 Å². The molecule has 1 amide bonds. The number of aliphatic imine (C=N–C) groups is 1. The Labute approximate surface area is 234 Å². The Morgan fingerprint density at radius 1 is 1.05 bits per heavy atom. The van der Waals surface area contributed by atoms with Crippen LogP contribution in [0.1, 0.15) is 30.9 Å². The summed E-state index contributed by atoms with van der Waals surface area (Å²) < 4.78 is 43.4. The molecule has 9 nitrogen and oxygen atoms in total. The van der Waals surface area contributed by atoms with Crippen LogP contribution in [0.2, 0.25) is 0 Å². The molecule has 1 aliphatic heterocycles. The normalized spacial score (nSPS) is 18.5. The molecule has 0 radical (unpaired) electrons. The molecule has 0 aromatic heterocycles.